The van der Waals surface area contributed by atoms with Gasteiger partial charge in [-0.25, -0.2) is 0 Å². The van der Waals surface area contributed by atoms with Crippen LogP contribution < -0.4 is 0 Å². The summed E-state index contributed by atoms with van der Waals surface area (Å²) in [7, 11) is 0. The third kappa shape index (κ3) is 3.58. The van der Waals surface area contributed by atoms with Crippen molar-refractivity contribution in [2.24, 2.45) is 0 Å². The number of aromatic hydroxyl groups is 2. The Kier molecular flexibility index (Phi) is 4.18. The van der Waals surface area contributed by atoms with Crippen LogP contribution in [-0.2, 0) is 0 Å². The molecule has 0 spiro atoms. The zero-order valence-corrected chi connectivity index (χ0v) is 10.1. The highest BCUT2D eigenvalue weighted by Crippen LogP contribution is 2.30. The van der Waals surface area contributed by atoms with Crippen LogP contribution in [0.25, 0.3) is 0 Å². The van der Waals surface area contributed by atoms with E-state index in [1.54, 1.807) is 0 Å². The molecule has 0 atom stereocenters. The van der Waals surface area contributed by atoms with Gasteiger partial charge in [-0.05, 0) is 12.8 Å². The molecule has 2 N–H and O–H groups in total. The first-order chi connectivity index (χ1) is 8.25. The maximum atomic E-state index is 9.39. The van der Waals surface area contributed by atoms with Gasteiger partial charge >= 0.3 is 0 Å². The van der Waals surface area contributed by atoms with Crippen LogP contribution in [0.15, 0.2) is 6.07 Å². The third-order valence-corrected chi connectivity index (χ3v) is 3.44. The van der Waals surface area contributed by atoms with E-state index in [4.69, 9.17) is 0 Å². The zero-order valence-electron chi connectivity index (χ0n) is 10.1. The summed E-state index contributed by atoms with van der Waals surface area (Å²) in [5, 5.41) is 18.8. The Morgan fingerprint density at radius 2 is 1.29 bits per heavy atom. The molecule has 1 aromatic rings. The Bertz CT molecular complexity index is 338. The van der Waals surface area contributed by atoms with Crippen molar-refractivity contribution in [3.8, 4) is 11.8 Å². The second-order valence-corrected chi connectivity index (χ2v) is 4.84. The Morgan fingerprint density at radius 1 is 0.824 bits per heavy atom. The molecule has 0 saturated heterocycles. The van der Waals surface area contributed by atoms with Crippen LogP contribution in [0.1, 0.15) is 63.1 Å². The molecule has 0 radical (unpaired) electrons. The molecule has 0 amide bonds. The Hall–Kier alpha value is -1.32. The number of hydrogen-bond donors (Lipinski definition) is 2. The second-order valence-electron chi connectivity index (χ2n) is 4.84. The lowest BCUT2D eigenvalue weighted by molar-refractivity contribution is 0.405. The molecule has 17 heavy (non-hydrogen) atoms. The Balaban J connectivity index is 2.11. The standard InChI is InChI=1S/C13H20N2O2/c16-11-9-12(17)15-13(14-11)10-7-5-3-1-2-4-6-8-10/h9-10H,1-8H2,(H2,14,15,16,17). The second kappa shape index (κ2) is 5.84. The Morgan fingerprint density at radius 3 is 1.82 bits per heavy atom. The summed E-state index contributed by atoms with van der Waals surface area (Å²) in [4.78, 5) is 8.09. The van der Waals surface area contributed by atoms with Crippen LogP contribution in [0.3, 0.4) is 0 Å². The monoisotopic (exact) mass is 236 g/mol. The predicted octanol–water partition coefficient (Wildman–Crippen LogP) is 3.11. The Labute approximate surface area is 102 Å². The fraction of sp³-hybridized carbons (Fsp3) is 0.692. The minimum atomic E-state index is -0.132. The number of hydrogen-bond acceptors (Lipinski definition) is 4. The van der Waals surface area contributed by atoms with E-state index in [9.17, 15) is 10.2 Å². The van der Waals surface area contributed by atoms with Crippen LogP contribution in [-0.4, -0.2) is 20.2 Å². The molecule has 1 aliphatic carbocycles. The largest absolute Gasteiger partial charge is 0.493 e. The van der Waals surface area contributed by atoms with Crippen molar-refractivity contribution < 1.29 is 10.2 Å². The fourth-order valence-corrected chi connectivity index (χ4v) is 2.51. The lowest BCUT2D eigenvalue weighted by atomic mass is 9.96. The first-order valence-electron chi connectivity index (χ1n) is 6.52. The van der Waals surface area contributed by atoms with Crippen LogP contribution in [0.2, 0.25) is 0 Å². The van der Waals surface area contributed by atoms with Crippen LogP contribution >= 0.6 is 0 Å². The molecule has 1 fully saturated rings. The summed E-state index contributed by atoms with van der Waals surface area (Å²) in [5.41, 5.74) is 0. The average molecular weight is 236 g/mol. The molecule has 4 nitrogen and oxygen atoms in total. The van der Waals surface area contributed by atoms with Crippen LogP contribution in [0, 0.1) is 0 Å². The van der Waals surface area contributed by atoms with Crippen molar-refractivity contribution >= 4 is 0 Å². The minimum absolute atomic E-state index is 0.132. The minimum Gasteiger partial charge on any atom is -0.493 e. The highest BCUT2D eigenvalue weighted by Gasteiger charge is 2.17. The summed E-state index contributed by atoms with van der Waals surface area (Å²) in [6, 6.07) is 1.18. The molecule has 0 aromatic carbocycles. The topological polar surface area (TPSA) is 66.2 Å². The van der Waals surface area contributed by atoms with Gasteiger partial charge in [0.25, 0.3) is 0 Å². The first-order valence-corrected chi connectivity index (χ1v) is 6.52. The van der Waals surface area contributed by atoms with E-state index in [2.05, 4.69) is 9.97 Å². The van der Waals surface area contributed by atoms with Crippen molar-refractivity contribution in [2.75, 3.05) is 0 Å². The van der Waals surface area contributed by atoms with Gasteiger partial charge in [0, 0.05) is 5.92 Å². The van der Waals surface area contributed by atoms with E-state index in [0.717, 1.165) is 12.8 Å². The van der Waals surface area contributed by atoms with Crippen molar-refractivity contribution in [3.63, 3.8) is 0 Å². The van der Waals surface area contributed by atoms with E-state index < -0.39 is 0 Å². The summed E-state index contributed by atoms with van der Waals surface area (Å²) >= 11 is 0. The molecule has 0 bridgehead atoms. The van der Waals surface area contributed by atoms with E-state index in [1.165, 1.54) is 44.6 Å². The van der Waals surface area contributed by atoms with Gasteiger partial charge in [0.05, 0.1) is 6.07 Å². The molecular formula is C13H20N2O2. The maximum absolute atomic E-state index is 9.39. The van der Waals surface area contributed by atoms with Crippen molar-refractivity contribution in [3.05, 3.63) is 11.9 Å². The smallest absolute Gasteiger partial charge is 0.217 e. The van der Waals surface area contributed by atoms with E-state index in [-0.39, 0.29) is 17.7 Å². The molecule has 0 aliphatic heterocycles. The normalized spacial score (nSPS) is 19.3. The molecule has 1 saturated carbocycles. The number of aromatic nitrogens is 2. The van der Waals surface area contributed by atoms with Gasteiger partial charge < -0.3 is 10.2 Å². The van der Waals surface area contributed by atoms with Gasteiger partial charge in [-0.2, -0.15) is 9.97 Å². The van der Waals surface area contributed by atoms with Crippen LogP contribution in [0.5, 0.6) is 11.8 Å². The summed E-state index contributed by atoms with van der Waals surface area (Å²) in [5.74, 6) is 0.621. The van der Waals surface area contributed by atoms with Gasteiger partial charge in [0.2, 0.25) is 11.8 Å². The third-order valence-electron chi connectivity index (χ3n) is 3.44. The molecular weight excluding hydrogens is 216 g/mol. The van der Waals surface area contributed by atoms with Crippen LogP contribution in [0.4, 0.5) is 0 Å². The lowest BCUT2D eigenvalue weighted by Crippen LogP contribution is -2.04. The van der Waals surface area contributed by atoms with Gasteiger partial charge in [-0.1, -0.05) is 38.5 Å². The van der Waals surface area contributed by atoms with Crippen molar-refractivity contribution in [1.29, 1.82) is 0 Å². The van der Waals surface area contributed by atoms with E-state index in [0.29, 0.717) is 5.82 Å². The summed E-state index contributed by atoms with van der Waals surface area (Å²) in [6.45, 7) is 0. The van der Waals surface area contributed by atoms with Crippen molar-refractivity contribution in [2.45, 2.75) is 57.3 Å². The SMILES string of the molecule is Oc1cc(O)nc(C2CCCCCCCC2)n1. The quantitative estimate of drug-likeness (QED) is 0.786. The van der Waals surface area contributed by atoms with Crippen molar-refractivity contribution in [1.82, 2.24) is 9.97 Å². The molecule has 1 heterocycles. The number of nitrogens with zero attached hydrogens (tertiary/aromatic N) is 2. The lowest BCUT2D eigenvalue weighted by Gasteiger charge is -2.14. The number of rotatable bonds is 1. The average Bonchev–Trinajstić information content (AvgIpc) is 2.40. The molecule has 0 unspecified atom stereocenters. The molecule has 2 rings (SSSR count). The van der Waals surface area contributed by atoms with E-state index >= 15 is 0 Å². The fourth-order valence-electron chi connectivity index (χ4n) is 2.51. The highest BCUT2D eigenvalue weighted by atomic mass is 16.3. The molecule has 94 valence electrons. The van der Waals surface area contributed by atoms with Gasteiger partial charge in [0.1, 0.15) is 5.82 Å². The molecule has 1 aromatic heterocycles. The predicted molar refractivity (Wildman–Crippen MR) is 65.0 cm³/mol. The highest BCUT2D eigenvalue weighted by molar-refractivity contribution is 5.19. The zero-order chi connectivity index (χ0) is 12.1. The maximum Gasteiger partial charge on any atom is 0.217 e. The molecule has 4 heteroatoms. The first kappa shape index (κ1) is 12.1. The van der Waals surface area contributed by atoms with Gasteiger partial charge in [-0.3, -0.25) is 0 Å². The summed E-state index contributed by atoms with van der Waals surface area (Å²) < 4.78 is 0. The summed E-state index contributed by atoms with van der Waals surface area (Å²) in [6.07, 6.45) is 9.65. The van der Waals surface area contributed by atoms with Gasteiger partial charge in [-0.15, -0.1) is 0 Å². The van der Waals surface area contributed by atoms with Gasteiger partial charge in [0.15, 0.2) is 0 Å². The molecule has 1 aliphatic rings. The van der Waals surface area contributed by atoms with E-state index in [1.807, 2.05) is 0 Å².